The van der Waals surface area contributed by atoms with Gasteiger partial charge in [0.05, 0.1) is 6.61 Å². The molecular formula is C15H21BrClNO2. The lowest BCUT2D eigenvalue weighted by Gasteiger charge is -2.32. The molecule has 0 radical (unpaired) electrons. The Hall–Kier alpha value is -0.580. The number of rotatable bonds is 6. The van der Waals surface area contributed by atoms with E-state index in [1.807, 2.05) is 26.0 Å². The van der Waals surface area contributed by atoms with Crippen LogP contribution in [-0.2, 0) is 15.1 Å². The van der Waals surface area contributed by atoms with E-state index in [0.29, 0.717) is 11.6 Å². The van der Waals surface area contributed by atoms with E-state index in [2.05, 4.69) is 28.2 Å². The predicted molar refractivity (Wildman–Crippen MR) is 86.0 cm³/mol. The van der Waals surface area contributed by atoms with Gasteiger partial charge in [0.1, 0.15) is 5.54 Å². The first kappa shape index (κ1) is 17.5. The van der Waals surface area contributed by atoms with Crippen LogP contribution in [0.3, 0.4) is 0 Å². The Morgan fingerprint density at radius 3 is 2.65 bits per heavy atom. The summed E-state index contributed by atoms with van der Waals surface area (Å²) < 4.78 is 6.10. The molecule has 1 aromatic carbocycles. The summed E-state index contributed by atoms with van der Waals surface area (Å²) in [5.41, 5.74) is -0.232. The van der Waals surface area contributed by atoms with Crippen molar-refractivity contribution < 1.29 is 9.53 Å². The fourth-order valence-electron chi connectivity index (χ4n) is 2.01. The number of ether oxygens (including phenoxy) is 1. The molecule has 0 aliphatic carbocycles. The van der Waals surface area contributed by atoms with Crippen molar-refractivity contribution in [3.63, 3.8) is 0 Å². The molecule has 1 aromatic rings. The number of esters is 1. The molecule has 112 valence electrons. The maximum absolute atomic E-state index is 12.4. The number of carbonyl (C=O) groups is 1. The average molecular weight is 363 g/mol. The lowest BCUT2D eigenvalue weighted by atomic mass is 9.90. The van der Waals surface area contributed by atoms with E-state index in [0.717, 1.165) is 16.5 Å². The molecule has 0 amide bonds. The van der Waals surface area contributed by atoms with Gasteiger partial charge in [-0.2, -0.15) is 0 Å². The molecular weight excluding hydrogens is 342 g/mol. The summed E-state index contributed by atoms with van der Waals surface area (Å²) in [7, 11) is 0. The van der Waals surface area contributed by atoms with Crippen LogP contribution in [-0.4, -0.2) is 18.6 Å². The third-order valence-electron chi connectivity index (χ3n) is 3.30. The second-order valence-electron chi connectivity index (χ2n) is 4.92. The van der Waals surface area contributed by atoms with E-state index in [1.54, 1.807) is 13.0 Å². The first-order valence-electron chi connectivity index (χ1n) is 6.75. The molecule has 0 saturated heterocycles. The molecule has 3 nitrogen and oxygen atoms in total. The first-order chi connectivity index (χ1) is 9.35. The average Bonchev–Trinajstić information content (AvgIpc) is 2.38. The maximum Gasteiger partial charge on any atom is 0.330 e. The molecule has 1 rings (SSSR count). The first-order valence-corrected chi connectivity index (χ1v) is 7.92. The number of benzene rings is 1. The zero-order valence-corrected chi connectivity index (χ0v) is 14.6. The minimum absolute atomic E-state index is 0.170. The van der Waals surface area contributed by atoms with Gasteiger partial charge < -0.3 is 4.74 Å². The Bertz CT molecular complexity index is 481. The van der Waals surface area contributed by atoms with E-state index in [4.69, 9.17) is 16.3 Å². The van der Waals surface area contributed by atoms with Crippen molar-refractivity contribution in [3.05, 3.63) is 33.3 Å². The van der Waals surface area contributed by atoms with Gasteiger partial charge >= 0.3 is 5.97 Å². The van der Waals surface area contributed by atoms with Crippen LogP contribution in [0.5, 0.6) is 0 Å². The Morgan fingerprint density at radius 1 is 1.50 bits per heavy atom. The third kappa shape index (κ3) is 3.96. The molecule has 20 heavy (non-hydrogen) atoms. The summed E-state index contributed by atoms with van der Waals surface area (Å²) in [4.78, 5) is 12.4. The molecule has 0 spiro atoms. The lowest BCUT2D eigenvalue weighted by Crippen LogP contribution is -2.51. The Kier molecular flexibility index (Phi) is 6.49. The fraction of sp³-hybridized carbons (Fsp3) is 0.533. The molecule has 0 heterocycles. The summed E-state index contributed by atoms with van der Waals surface area (Å²) >= 11 is 9.68. The minimum Gasteiger partial charge on any atom is -0.464 e. The Balaban J connectivity index is 3.25. The van der Waals surface area contributed by atoms with Gasteiger partial charge in [-0.1, -0.05) is 40.5 Å². The van der Waals surface area contributed by atoms with Gasteiger partial charge in [0, 0.05) is 21.1 Å². The van der Waals surface area contributed by atoms with Crippen LogP contribution in [0.4, 0.5) is 0 Å². The SMILES string of the molecule is CCOC(=O)C(C)(NC(C)CC)c1ccc(Br)cc1Cl. The third-order valence-corrected chi connectivity index (χ3v) is 4.11. The lowest BCUT2D eigenvalue weighted by molar-refractivity contribution is -0.151. The van der Waals surface area contributed by atoms with Crippen molar-refractivity contribution in [1.29, 1.82) is 0 Å². The van der Waals surface area contributed by atoms with Gasteiger partial charge in [-0.05, 0) is 39.3 Å². The standard InChI is InChI=1S/C15H21BrClNO2/c1-5-10(3)18-15(4,14(19)20-6-2)12-8-7-11(16)9-13(12)17/h7-10,18H,5-6H2,1-4H3. The van der Waals surface area contributed by atoms with Crippen LogP contribution in [0, 0.1) is 0 Å². The minimum atomic E-state index is -0.955. The molecule has 0 aliphatic rings. The van der Waals surface area contributed by atoms with Gasteiger partial charge in [-0.15, -0.1) is 0 Å². The van der Waals surface area contributed by atoms with Gasteiger partial charge in [-0.25, -0.2) is 4.79 Å². The predicted octanol–water partition coefficient (Wildman–Crippen LogP) is 4.27. The summed E-state index contributed by atoms with van der Waals surface area (Å²) in [6.45, 7) is 8.04. The van der Waals surface area contributed by atoms with Crippen molar-refractivity contribution >= 4 is 33.5 Å². The second kappa shape index (κ2) is 7.43. The molecule has 0 bridgehead atoms. The van der Waals surface area contributed by atoms with Crippen molar-refractivity contribution in [3.8, 4) is 0 Å². The summed E-state index contributed by atoms with van der Waals surface area (Å²) in [5.74, 6) is -0.315. The molecule has 0 aliphatic heterocycles. The van der Waals surface area contributed by atoms with Gasteiger partial charge in [-0.3, -0.25) is 5.32 Å². The van der Waals surface area contributed by atoms with Crippen molar-refractivity contribution in [2.24, 2.45) is 0 Å². The van der Waals surface area contributed by atoms with Crippen LogP contribution >= 0.6 is 27.5 Å². The van der Waals surface area contributed by atoms with Crippen LogP contribution in [0.15, 0.2) is 22.7 Å². The molecule has 2 unspecified atom stereocenters. The normalized spacial score (nSPS) is 15.5. The van der Waals surface area contributed by atoms with E-state index in [9.17, 15) is 4.79 Å². The van der Waals surface area contributed by atoms with Crippen LogP contribution in [0.2, 0.25) is 5.02 Å². The van der Waals surface area contributed by atoms with Crippen molar-refractivity contribution in [1.82, 2.24) is 5.32 Å². The smallest absolute Gasteiger partial charge is 0.330 e. The van der Waals surface area contributed by atoms with E-state index < -0.39 is 5.54 Å². The quantitative estimate of drug-likeness (QED) is 0.768. The van der Waals surface area contributed by atoms with E-state index in [1.165, 1.54) is 0 Å². The summed E-state index contributed by atoms with van der Waals surface area (Å²) in [5, 5.41) is 3.86. The van der Waals surface area contributed by atoms with E-state index in [-0.39, 0.29) is 12.0 Å². The molecule has 0 aromatic heterocycles. The zero-order valence-electron chi connectivity index (χ0n) is 12.3. The summed E-state index contributed by atoms with van der Waals surface area (Å²) in [6.07, 6.45) is 0.906. The number of hydrogen-bond acceptors (Lipinski definition) is 3. The van der Waals surface area contributed by atoms with Crippen LogP contribution in [0.25, 0.3) is 0 Å². The van der Waals surface area contributed by atoms with Gasteiger partial charge in [0.25, 0.3) is 0 Å². The molecule has 2 atom stereocenters. The highest BCUT2D eigenvalue weighted by atomic mass is 79.9. The second-order valence-corrected chi connectivity index (χ2v) is 6.25. The number of halogens is 2. The highest BCUT2D eigenvalue weighted by Gasteiger charge is 2.39. The highest BCUT2D eigenvalue weighted by molar-refractivity contribution is 9.10. The Morgan fingerprint density at radius 2 is 2.15 bits per heavy atom. The Labute approximate surface area is 134 Å². The number of carbonyl (C=O) groups excluding carboxylic acids is 1. The summed E-state index contributed by atoms with van der Waals surface area (Å²) in [6, 6.07) is 5.67. The largest absolute Gasteiger partial charge is 0.464 e. The topological polar surface area (TPSA) is 38.3 Å². The van der Waals surface area contributed by atoms with E-state index >= 15 is 0 Å². The number of nitrogens with one attached hydrogen (secondary N) is 1. The van der Waals surface area contributed by atoms with Gasteiger partial charge in [0.2, 0.25) is 0 Å². The monoisotopic (exact) mass is 361 g/mol. The van der Waals surface area contributed by atoms with Crippen LogP contribution in [0.1, 0.15) is 39.7 Å². The zero-order chi connectivity index (χ0) is 15.3. The number of hydrogen-bond donors (Lipinski definition) is 1. The molecule has 0 fully saturated rings. The maximum atomic E-state index is 12.4. The molecule has 5 heteroatoms. The molecule has 1 N–H and O–H groups in total. The highest BCUT2D eigenvalue weighted by Crippen LogP contribution is 2.32. The molecule has 0 saturated carbocycles. The van der Waals surface area contributed by atoms with Crippen molar-refractivity contribution in [2.75, 3.05) is 6.61 Å². The van der Waals surface area contributed by atoms with Crippen molar-refractivity contribution in [2.45, 2.75) is 45.7 Å². The fourth-order valence-corrected chi connectivity index (χ4v) is 2.87. The van der Waals surface area contributed by atoms with Gasteiger partial charge in [0.15, 0.2) is 0 Å². The van der Waals surface area contributed by atoms with Crippen LogP contribution < -0.4 is 5.32 Å².